The fourth-order valence-corrected chi connectivity index (χ4v) is 2.63. The molecule has 0 amide bonds. The van der Waals surface area contributed by atoms with E-state index < -0.39 is 44.9 Å². The molecular formula is C14H21N3O5Si. The van der Waals surface area contributed by atoms with Crippen molar-refractivity contribution in [1.29, 1.82) is 0 Å². The Hall–Kier alpha value is -1.70. The van der Waals surface area contributed by atoms with Crippen LogP contribution in [0.25, 0.3) is 0 Å². The van der Waals surface area contributed by atoms with Crippen LogP contribution in [0.1, 0.15) is 11.8 Å². The summed E-state index contributed by atoms with van der Waals surface area (Å²) in [6.45, 7) is 5.71. The van der Waals surface area contributed by atoms with E-state index in [-0.39, 0.29) is 5.82 Å². The van der Waals surface area contributed by atoms with Crippen molar-refractivity contribution in [3.63, 3.8) is 0 Å². The number of hydrogen-bond acceptors (Lipinski definition) is 7. The predicted octanol–water partition coefficient (Wildman–Crippen LogP) is -1.33. The highest BCUT2D eigenvalue weighted by atomic mass is 28.3. The van der Waals surface area contributed by atoms with E-state index in [0.29, 0.717) is 5.56 Å². The molecule has 8 nitrogen and oxygen atoms in total. The number of aromatic nitrogens is 2. The van der Waals surface area contributed by atoms with Crippen LogP contribution in [-0.2, 0) is 4.74 Å². The van der Waals surface area contributed by atoms with Crippen molar-refractivity contribution in [3.8, 4) is 11.5 Å². The predicted molar refractivity (Wildman–Crippen MR) is 86.1 cm³/mol. The van der Waals surface area contributed by atoms with E-state index in [9.17, 15) is 15.0 Å². The smallest absolute Gasteiger partial charge is 0.351 e. The van der Waals surface area contributed by atoms with Gasteiger partial charge in [0, 0.05) is 6.20 Å². The van der Waals surface area contributed by atoms with Gasteiger partial charge in [-0.1, -0.05) is 25.6 Å². The van der Waals surface area contributed by atoms with Crippen LogP contribution in [-0.4, -0.2) is 57.9 Å². The zero-order valence-electron chi connectivity index (χ0n) is 13.2. The standard InChI is InChI=1S/C14H21N3O5Si/c1-23(2,3)5-4-8-6-17(14(21)16-12(8)15)13-11(20)10(19)9(7-18)22-13/h6,9-11,13,18-20H,7H2,1-3H3,(H2,15,16,21)/t9-,10-,11-,13-/m1/s1. The Morgan fingerprint density at radius 1 is 1.39 bits per heavy atom. The first-order valence-corrected chi connectivity index (χ1v) is 10.7. The number of nitrogen functional groups attached to an aromatic ring is 1. The molecule has 0 bridgehead atoms. The highest BCUT2D eigenvalue weighted by Gasteiger charge is 2.43. The second-order valence-corrected chi connectivity index (χ2v) is 11.2. The zero-order valence-corrected chi connectivity index (χ0v) is 14.2. The van der Waals surface area contributed by atoms with Gasteiger partial charge in [0.15, 0.2) is 6.23 Å². The number of aliphatic hydroxyl groups excluding tert-OH is 3. The fourth-order valence-electron chi connectivity index (χ4n) is 2.12. The molecule has 2 rings (SSSR count). The van der Waals surface area contributed by atoms with Gasteiger partial charge in [0.2, 0.25) is 0 Å². The molecule has 0 saturated carbocycles. The third kappa shape index (κ3) is 3.80. The molecule has 4 atom stereocenters. The Balaban J connectivity index is 2.44. The minimum atomic E-state index is -1.65. The van der Waals surface area contributed by atoms with Gasteiger partial charge < -0.3 is 25.8 Å². The Morgan fingerprint density at radius 2 is 2.04 bits per heavy atom. The summed E-state index contributed by atoms with van der Waals surface area (Å²) in [7, 11) is -1.65. The largest absolute Gasteiger partial charge is 0.394 e. The lowest BCUT2D eigenvalue weighted by Crippen LogP contribution is -2.36. The van der Waals surface area contributed by atoms with Crippen LogP contribution in [0.5, 0.6) is 0 Å². The molecule has 1 fully saturated rings. The summed E-state index contributed by atoms with van der Waals surface area (Å²) in [6, 6.07) is 0. The lowest BCUT2D eigenvalue weighted by molar-refractivity contribution is -0.0549. The number of nitrogens with zero attached hydrogens (tertiary/aromatic N) is 2. The Morgan fingerprint density at radius 3 is 2.57 bits per heavy atom. The quantitative estimate of drug-likeness (QED) is 0.388. The van der Waals surface area contributed by atoms with Gasteiger partial charge in [0.05, 0.1) is 12.2 Å². The highest BCUT2D eigenvalue weighted by Crippen LogP contribution is 2.28. The van der Waals surface area contributed by atoms with Crippen molar-refractivity contribution < 1.29 is 20.1 Å². The topological polar surface area (TPSA) is 131 Å². The second-order valence-electron chi connectivity index (χ2n) is 6.46. The molecule has 0 aromatic carbocycles. The zero-order chi connectivity index (χ0) is 17.4. The van der Waals surface area contributed by atoms with Gasteiger partial charge in [-0.2, -0.15) is 4.98 Å². The summed E-state index contributed by atoms with van der Waals surface area (Å²) in [5.41, 5.74) is 8.47. The summed E-state index contributed by atoms with van der Waals surface area (Å²) in [6.07, 6.45) is -3.44. The number of anilines is 1. The molecule has 23 heavy (non-hydrogen) atoms. The number of aliphatic hydroxyl groups is 3. The number of nitrogens with two attached hydrogens (primary N) is 1. The van der Waals surface area contributed by atoms with E-state index in [1.807, 2.05) is 0 Å². The SMILES string of the molecule is C[Si](C)(C)C#Cc1cn([C@@H]2O[C@H](CO)[C@@H](O)[C@H]2O)c(=O)nc1N. The molecule has 1 aromatic heterocycles. The van der Waals surface area contributed by atoms with E-state index in [1.165, 1.54) is 6.20 Å². The van der Waals surface area contributed by atoms with Crippen molar-refractivity contribution in [1.82, 2.24) is 9.55 Å². The van der Waals surface area contributed by atoms with Crippen LogP contribution in [0.4, 0.5) is 5.82 Å². The van der Waals surface area contributed by atoms with Gasteiger partial charge in [0.1, 0.15) is 32.2 Å². The van der Waals surface area contributed by atoms with Crippen LogP contribution in [0.2, 0.25) is 19.6 Å². The Kier molecular flexibility index (Phi) is 4.93. The van der Waals surface area contributed by atoms with Crippen LogP contribution < -0.4 is 11.4 Å². The van der Waals surface area contributed by atoms with E-state index in [2.05, 4.69) is 36.1 Å². The first-order valence-electron chi connectivity index (χ1n) is 7.18. The third-order valence-electron chi connectivity index (χ3n) is 3.34. The van der Waals surface area contributed by atoms with Gasteiger partial charge in [-0.3, -0.25) is 4.57 Å². The maximum Gasteiger partial charge on any atom is 0.351 e. The second kappa shape index (κ2) is 6.43. The first-order chi connectivity index (χ1) is 10.6. The molecule has 0 aliphatic carbocycles. The summed E-state index contributed by atoms with van der Waals surface area (Å²) in [5.74, 6) is 2.91. The first kappa shape index (κ1) is 17.6. The molecule has 1 aromatic rings. The number of ether oxygens (including phenoxy) is 1. The molecular weight excluding hydrogens is 318 g/mol. The highest BCUT2D eigenvalue weighted by molar-refractivity contribution is 6.83. The minimum absolute atomic E-state index is 0.00347. The van der Waals surface area contributed by atoms with Crippen LogP contribution in [0.3, 0.4) is 0 Å². The van der Waals surface area contributed by atoms with Crippen molar-refractivity contribution in [2.45, 2.75) is 44.2 Å². The molecule has 1 saturated heterocycles. The minimum Gasteiger partial charge on any atom is -0.394 e. The molecule has 9 heteroatoms. The fraction of sp³-hybridized carbons (Fsp3) is 0.571. The maximum absolute atomic E-state index is 12.0. The molecule has 0 unspecified atom stereocenters. The summed E-state index contributed by atoms with van der Waals surface area (Å²) >= 11 is 0. The monoisotopic (exact) mass is 339 g/mol. The van der Waals surface area contributed by atoms with E-state index >= 15 is 0 Å². The van der Waals surface area contributed by atoms with Crippen molar-refractivity contribution in [3.05, 3.63) is 22.2 Å². The van der Waals surface area contributed by atoms with E-state index in [0.717, 1.165) is 4.57 Å². The molecule has 1 aliphatic rings. The van der Waals surface area contributed by atoms with Crippen molar-refractivity contribution in [2.75, 3.05) is 12.3 Å². The molecule has 5 N–H and O–H groups in total. The lowest BCUT2D eigenvalue weighted by atomic mass is 10.1. The van der Waals surface area contributed by atoms with E-state index in [4.69, 9.17) is 15.6 Å². The summed E-state index contributed by atoms with van der Waals surface area (Å²) < 4.78 is 6.37. The molecule has 2 heterocycles. The average molecular weight is 339 g/mol. The van der Waals surface area contributed by atoms with E-state index in [1.54, 1.807) is 0 Å². The summed E-state index contributed by atoms with van der Waals surface area (Å²) in [4.78, 5) is 15.7. The Bertz CT molecular complexity index is 703. The van der Waals surface area contributed by atoms with Crippen LogP contribution in [0.15, 0.2) is 11.0 Å². The summed E-state index contributed by atoms with van der Waals surface area (Å²) in [5, 5.41) is 28.9. The van der Waals surface area contributed by atoms with Gasteiger partial charge in [-0.15, -0.1) is 5.54 Å². The molecule has 1 aliphatic heterocycles. The molecule has 0 radical (unpaired) electrons. The normalized spacial score (nSPS) is 27.6. The average Bonchev–Trinajstić information content (AvgIpc) is 2.73. The maximum atomic E-state index is 12.0. The lowest BCUT2D eigenvalue weighted by Gasteiger charge is -2.17. The number of rotatable bonds is 2. The van der Waals surface area contributed by atoms with Gasteiger partial charge in [-0.25, -0.2) is 4.79 Å². The number of hydrogen-bond donors (Lipinski definition) is 4. The van der Waals surface area contributed by atoms with Crippen molar-refractivity contribution >= 4 is 13.9 Å². The molecule has 126 valence electrons. The van der Waals surface area contributed by atoms with Gasteiger partial charge in [-0.05, 0) is 0 Å². The van der Waals surface area contributed by atoms with Gasteiger partial charge in [0.25, 0.3) is 0 Å². The van der Waals surface area contributed by atoms with Crippen LogP contribution >= 0.6 is 0 Å². The molecule has 0 spiro atoms. The Labute approximate surface area is 134 Å². The third-order valence-corrected chi connectivity index (χ3v) is 4.22. The van der Waals surface area contributed by atoms with Crippen molar-refractivity contribution in [2.24, 2.45) is 0 Å². The van der Waals surface area contributed by atoms with Gasteiger partial charge >= 0.3 is 5.69 Å². The van der Waals surface area contributed by atoms with Crippen LogP contribution in [0, 0.1) is 11.5 Å².